The molecule has 21 heavy (non-hydrogen) atoms. The van der Waals surface area contributed by atoms with Gasteiger partial charge in [-0.25, -0.2) is 4.39 Å². The first kappa shape index (κ1) is 15.8. The topological polar surface area (TPSA) is 49.3 Å². The average molecular weight is 305 g/mol. The molecule has 1 aromatic carbocycles. The molecule has 2 N–H and O–H groups in total. The molecule has 0 bridgehead atoms. The molecule has 0 heterocycles. The van der Waals surface area contributed by atoms with Crippen LogP contribution in [0.2, 0.25) is 0 Å². The Morgan fingerprint density at radius 1 is 1.24 bits per heavy atom. The van der Waals surface area contributed by atoms with Gasteiger partial charge in [0.05, 0.1) is 17.7 Å². The number of halogens is 4. The highest BCUT2D eigenvalue weighted by molar-refractivity contribution is 5.94. The minimum Gasteiger partial charge on any atom is -0.391 e. The van der Waals surface area contributed by atoms with E-state index >= 15 is 0 Å². The lowest BCUT2D eigenvalue weighted by atomic mass is 9.92. The van der Waals surface area contributed by atoms with Gasteiger partial charge in [-0.05, 0) is 31.0 Å². The molecule has 1 saturated carbocycles. The third kappa shape index (κ3) is 3.72. The summed E-state index contributed by atoms with van der Waals surface area (Å²) < 4.78 is 51.0. The van der Waals surface area contributed by atoms with Crippen LogP contribution < -0.4 is 5.32 Å². The Morgan fingerprint density at radius 3 is 2.52 bits per heavy atom. The lowest BCUT2D eigenvalue weighted by Crippen LogP contribution is -2.45. The van der Waals surface area contributed by atoms with Crippen LogP contribution in [0.5, 0.6) is 0 Å². The molecule has 0 spiro atoms. The van der Waals surface area contributed by atoms with Crippen molar-refractivity contribution in [1.29, 1.82) is 0 Å². The molecule has 1 aliphatic rings. The van der Waals surface area contributed by atoms with E-state index < -0.39 is 35.6 Å². The van der Waals surface area contributed by atoms with E-state index in [0.717, 1.165) is 18.9 Å². The SMILES string of the molecule is O=C(N[C@@H]1CCCC[C@H]1O)c1ccc(F)c(C(F)(F)F)c1. The lowest BCUT2D eigenvalue weighted by Gasteiger charge is -2.28. The molecule has 0 unspecified atom stereocenters. The zero-order valence-corrected chi connectivity index (χ0v) is 11.1. The molecule has 2 atom stereocenters. The van der Waals surface area contributed by atoms with Crippen LogP contribution in [0.4, 0.5) is 17.6 Å². The standard InChI is InChI=1S/C14H15F4NO2/c15-10-6-5-8(7-9(10)14(16,17)18)13(21)19-11-3-1-2-4-12(11)20/h5-7,11-12,20H,1-4H2,(H,19,21)/t11-,12-/m1/s1. The molecule has 7 heteroatoms. The molecule has 1 amide bonds. The van der Waals surface area contributed by atoms with Crippen LogP contribution in [0.15, 0.2) is 18.2 Å². The predicted octanol–water partition coefficient (Wildman–Crippen LogP) is 2.88. The summed E-state index contributed by atoms with van der Waals surface area (Å²) in [7, 11) is 0. The van der Waals surface area contributed by atoms with E-state index in [1.165, 1.54) is 0 Å². The molecule has 1 aromatic rings. The largest absolute Gasteiger partial charge is 0.419 e. The van der Waals surface area contributed by atoms with E-state index in [9.17, 15) is 27.5 Å². The number of benzene rings is 1. The molecular weight excluding hydrogens is 290 g/mol. The van der Waals surface area contributed by atoms with Crippen molar-refractivity contribution in [2.45, 2.75) is 44.0 Å². The third-order valence-corrected chi connectivity index (χ3v) is 3.58. The summed E-state index contributed by atoms with van der Waals surface area (Å²) in [6.45, 7) is 0. The minimum atomic E-state index is -4.86. The monoisotopic (exact) mass is 305 g/mol. The van der Waals surface area contributed by atoms with Crippen LogP contribution >= 0.6 is 0 Å². The van der Waals surface area contributed by atoms with Crippen LogP contribution in [-0.4, -0.2) is 23.2 Å². The number of carbonyl (C=O) groups excluding carboxylic acids is 1. The molecule has 3 nitrogen and oxygen atoms in total. The van der Waals surface area contributed by atoms with Gasteiger partial charge in [0, 0.05) is 5.56 Å². The number of carbonyl (C=O) groups is 1. The number of hydrogen-bond donors (Lipinski definition) is 2. The van der Waals surface area contributed by atoms with Crippen LogP contribution in [-0.2, 0) is 6.18 Å². The van der Waals surface area contributed by atoms with Gasteiger partial charge < -0.3 is 10.4 Å². The van der Waals surface area contributed by atoms with E-state index in [2.05, 4.69) is 5.32 Å². The molecule has 0 aromatic heterocycles. The summed E-state index contributed by atoms with van der Waals surface area (Å²) in [5.41, 5.74) is -1.75. The van der Waals surface area contributed by atoms with Crippen molar-refractivity contribution in [3.05, 3.63) is 35.1 Å². The summed E-state index contributed by atoms with van der Waals surface area (Å²) >= 11 is 0. The van der Waals surface area contributed by atoms with Gasteiger partial charge in [-0.2, -0.15) is 13.2 Å². The van der Waals surface area contributed by atoms with E-state index in [1.807, 2.05) is 0 Å². The number of alkyl halides is 3. The van der Waals surface area contributed by atoms with Crippen LogP contribution in [0.3, 0.4) is 0 Å². The van der Waals surface area contributed by atoms with Gasteiger partial charge in [0.15, 0.2) is 0 Å². The first-order valence-electron chi connectivity index (χ1n) is 6.64. The first-order valence-corrected chi connectivity index (χ1v) is 6.64. The summed E-state index contributed by atoms with van der Waals surface area (Å²) in [4.78, 5) is 11.9. The Morgan fingerprint density at radius 2 is 1.90 bits per heavy atom. The number of nitrogens with one attached hydrogen (secondary N) is 1. The highest BCUT2D eigenvalue weighted by atomic mass is 19.4. The maximum absolute atomic E-state index is 13.2. The van der Waals surface area contributed by atoms with Crippen molar-refractivity contribution in [3.8, 4) is 0 Å². The fourth-order valence-corrected chi connectivity index (χ4v) is 2.42. The maximum atomic E-state index is 13.2. The van der Waals surface area contributed by atoms with Gasteiger partial charge in [-0.3, -0.25) is 4.79 Å². The Balaban J connectivity index is 2.16. The van der Waals surface area contributed by atoms with Crippen LogP contribution in [0.1, 0.15) is 41.6 Å². The summed E-state index contributed by atoms with van der Waals surface area (Å²) in [5.74, 6) is -2.16. The lowest BCUT2D eigenvalue weighted by molar-refractivity contribution is -0.140. The van der Waals surface area contributed by atoms with Crippen molar-refractivity contribution >= 4 is 5.91 Å². The highest BCUT2D eigenvalue weighted by Gasteiger charge is 2.35. The van der Waals surface area contributed by atoms with Gasteiger partial charge in [-0.15, -0.1) is 0 Å². The van der Waals surface area contributed by atoms with Gasteiger partial charge in [0.1, 0.15) is 5.82 Å². The quantitative estimate of drug-likeness (QED) is 0.826. The molecular formula is C14H15F4NO2. The number of aliphatic hydroxyl groups is 1. The number of amides is 1. The first-order chi connectivity index (χ1) is 9.79. The zero-order chi connectivity index (χ0) is 15.6. The molecule has 2 rings (SSSR count). The zero-order valence-electron chi connectivity index (χ0n) is 11.1. The van der Waals surface area contributed by atoms with Crippen molar-refractivity contribution in [3.63, 3.8) is 0 Å². The summed E-state index contributed by atoms with van der Waals surface area (Å²) in [5, 5.41) is 12.2. The van der Waals surface area contributed by atoms with E-state index in [1.54, 1.807) is 0 Å². The van der Waals surface area contributed by atoms with Gasteiger partial charge in [-0.1, -0.05) is 12.8 Å². The van der Waals surface area contributed by atoms with Crippen molar-refractivity contribution in [2.24, 2.45) is 0 Å². The smallest absolute Gasteiger partial charge is 0.391 e. The molecule has 1 aliphatic carbocycles. The Labute approximate surface area is 119 Å². The molecule has 0 saturated heterocycles. The maximum Gasteiger partial charge on any atom is 0.419 e. The second-order valence-corrected chi connectivity index (χ2v) is 5.12. The molecule has 116 valence electrons. The molecule has 1 fully saturated rings. The van der Waals surface area contributed by atoms with E-state index in [0.29, 0.717) is 25.0 Å². The van der Waals surface area contributed by atoms with Crippen molar-refractivity contribution in [1.82, 2.24) is 5.32 Å². The third-order valence-electron chi connectivity index (χ3n) is 3.58. The Hall–Kier alpha value is -1.63. The second kappa shape index (κ2) is 6.01. The van der Waals surface area contributed by atoms with Crippen LogP contribution in [0.25, 0.3) is 0 Å². The van der Waals surface area contributed by atoms with Gasteiger partial charge >= 0.3 is 6.18 Å². The normalized spacial score (nSPS) is 22.9. The summed E-state index contributed by atoms with van der Waals surface area (Å²) in [6.07, 6.45) is -2.76. The van der Waals surface area contributed by atoms with Crippen LogP contribution in [0, 0.1) is 5.82 Å². The fraction of sp³-hybridized carbons (Fsp3) is 0.500. The average Bonchev–Trinajstić information content (AvgIpc) is 2.40. The Bertz CT molecular complexity index is 530. The fourth-order valence-electron chi connectivity index (χ4n) is 2.42. The van der Waals surface area contributed by atoms with Gasteiger partial charge in [0.2, 0.25) is 0 Å². The molecule has 0 aliphatic heterocycles. The van der Waals surface area contributed by atoms with E-state index in [4.69, 9.17) is 0 Å². The number of hydrogen-bond acceptors (Lipinski definition) is 2. The highest BCUT2D eigenvalue weighted by Crippen LogP contribution is 2.32. The number of aliphatic hydroxyl groups excluding tert-OH is 1. The van der Waals surface area contributed by atoms with E-state index in [-0.39, 0.29) is 5.56 Å². The van der Waals surface area contributed by atoms with Gasteiger partial charge in [0.25, 0.3) is 5.91 Å². The van der Waals surface area contributed by atoms with Crippen molar-refractivity contribution < 1.29 is 27.5 Å². The Kier molecular flexibility index (Phi) is 4.51. The van der Waals surface area contributed by atoms with Crippen molar-refractivity contribution in [2.75, 3.05) is 0 Å². The number of rotatable bonds is 2. The minimum absolute atomic E-state index is 0.276. The second-order valence-electron chi connectivity index (χ2n) is 5.12. The predicted molar refractivity (Wildman–Crippen MR) is 67.1 cm³/mol. The summed E-state index contributed by atoms with van der Waals surface area (Å²) in [6, 6.07) is 1.62. The molecule has 0 radical (unpaired) electrons.